The summed E-state index contributed by atoms with van der Waals surface area (Å²) in [5.74, 6) is -1.24. The van der Waals surface area contributed by atoms with Gasteiger partial charge in [-0.3, -0.25) is 14.4 Å². The second kappa shape index (κ2) is 8.07. The number of thioether (sulfide) groups is 1. The van der Waals surface area contributed by atoms with Gasteiger partial charge in [0.15, 0.2) is 0 Å². The molecule has 0 unspecified atom stereocenters. The van der Waals surface area contributed by atoms with Crippen LogP contribution in [0, 0.1) is 0 Å². The number of hydrogen-bond donors (Lipinski definition) is 3. The maximum atomic E-state index is 13.0. The Morgan fingerprint density at radius 2 is 2.00 bits per heavy atom. The molecule has 10 heteroatoms. The molecule has 0 fully saturated rings. The van der Waals surface area contributed by atoms with Crippen LogP contribution in [0.25, 0.3) is 11.5 Å². The topological polar surface area (TPSA) is 135 Å². The van der Waals surface area contributed by atoms with Crippen LogP contribution in [0.15, 0.2) is 45.8 Å². The van der Waals surface area contributed by atoms with Crippen LogP contribution < -0.4 is 10.9 Å². The highest BCUT2D eigenvalue weighted by Crippen LogP contribution is 2.36. The minimum atomic E-state index is -1.25. The second-order valence-corrected chi connectivity index (χ2v) is 7.60. The number of aromatic hydroxyl groups is 1. The Kier molecular flexibility index (Phi) is 5.32. The molecule has 0 saturated carbocycles. The zero-order valence-electron chi connectivity index (χ0n) is 15.6. The zero-order valence-corrected chi connectivity index (χ0v) is 16.4. The number of aliphatic carboxylic acids is 1. The van der Waals surface area contributed by atoms with Crippen LogP contribution in [0.2, 0.25) is 0 Å². The minimum Gasteiger partial charge on any atom is -0.507 e. The fourth-order valence-electron chi connectivity index (χ4n) is 3.25. The maximum Gasteiger partial charge on any atom is 0.322 e. The Morgan fingerprint density at radius 1 is 1.23 bits per heavy atom. The first-order chi connectivity index (χ1) is 14.5. The van der Waals surface area contributed by atoms with Gasteiger partial charge in [-0.1, -0.05) is 18.2 Å². The predicted octanol–water partition coefficient (Wildman–Crippen LogP) is 1.82. The van der Waals surface area contributed by atoms with Crippen molar-refractivity contribution in [2.45, 2.75) is 18.1 Å². The SMILES string of the molecule is O=C(O)CNC(=O)c1c(O)c2c(n(Cc3coc(-c4ccccc4)n3)c1=O)CSC2. The van der Waals surface area contributed by atoms with Gasteiger partial charge >= 0.3 is 5.97 Å². The Bertz CT molecular complexity index is 1190. The van der Waals surface area contributed by atoms with Crippen LogP contribution >= 0.6 is 11.8 Å². The first-order valence-corrected chi connectivity index (χ1v) is 10.2. The van der Waals surface area contributed by atoms with Crippen molar-refractivity contribution in [3.8, 4) is 17.2 Å². The van der Waals surface area contributed by atoms with E-state index in [4.69, 9.17) is 9.52 Å². The van der Waals surface area contributed by atoms with Crippen molar-refractivity contribution in [2.24, 2.45) is 0 Å². The standard InChI is InChI=1S/C20H17N3O6S/c24-15(25)6-21-18(27)16-17(26)13-9-30-10-14(13)23(20(16)28)7-12-8-29-19(22-12)11-4-2-1-3-5-11/h1-5,8,26H,6-7,9-10H2,(H,21,27)(H,24,25). The summed E-state index contributed by atoms with van der Waals surface area (Å²) in [5.41, 5.74) is 1.20. The van der Waals surface area contributed by atoms with Crippen molar-refractivity contribution in [1.29, 1.82) is 0 Å². The number of amides is 1. The van der Waals surface area contributed by atoms with Gasteiger partial charge in [0.2, 0.25) is 5.89 Å². The molecule has 30 heavy (non-hydrogen) atoms. The van der Waals surface area contributed by atoms with Crippen molar-refractivity contribution < 1.29 is 24.2 Å². The molecule has 2 aromatic heterocycles. The molecule has 3 N–H and O–H groups in total. The first-order valence-electron chi connectivity index (χ1n) is 9.00. The molecule has 1 aliphatic rings. The molecule has 1 amide bonds. The molecule has 0 spiro atoms. The van der Waals surface area contributed by atoms with Gasteiger partial charge in [0.05, 0.1) is 12.2 Å². The Hall–Kier alpha value is -3.53. The highest BCUT2D eigenvalue weighted by molar-refractivity contribution is 7.98. The third-order valence-corrected chi connectivity index (χ3v) is 5.63. The van der Waals surface area contributed by atoms with Gasteiger partial charge in [-0.05, 0) is 12.1 Å². The molecular weight excluding hydrogens is 410 g/mol. The molecule has 3 heterocycles. The van der Waals surface area contributed by atoms with E-state index in [2.05, 4.69) is 10.3 Å². The second-order valence-electron chi connectivity index (χ2n) is 6.62. The van der Waals surface area contributed by atoms with Gasteiger partial charge in [0.1, 0.15) is 24.1 Å². The number of fused-ring (bicyclic) bond motifs is 1. The van der Waals surface area contributed by atoms with E-state index in [0.717, 1.165) is 5.56 Å². The van der Waals surface area contributed by atoms with Crippen molar-refractivity contribution in [1.82, 2.24) is 14.9 Å². The van der Waals surface area contributed by atoms with E-state index in [1.165, 1.54) is 22.6 Å². The molecule has 0 atom stereocenters. The molecule has 0 aliphatic carbocycles. The number of oxazole rings is 1. The van der Waals surface area contributed by atoms with Gasteiger partial charge in [-0.2, -0.15) is 11.8 Å². The van der Waals surface area contributed by atoms with Crippen molar-refractivity contribution in [3.63, 3.8) is 0 Å². The van der Waals surface area contributed by atoms with E-state index >= 15 is 0 Å². The summed E-state index contributed by atoms with van der Waals surface area (Å²) in [5, 5.41) is 21.4. The van der Waals surface area contributed by atoms with E-state index in [9.17, 15) is 19.5 Å². The number of carboxylic acid groups (broad SMARTS) is 1. The average Bonchev–Trinajstić information content (AvgIpc) is 3.40. The fourth-order valence-corrected chi connectivity index (χ4v) is 4.38. The smallest absolute Gasteiger partial charge is 0.322 e. The van der Waals surface area contributed by atoms with Crippen molar-refractivity contribution >= 4 is 23.6 Å². The monoisotopic (exact) mass is 427 g/mol. The van der Waals surface area contributed by atoms with Gasteiger partial charge in [0.25, 0.3) is 11.5 Å². The summed E-state index contributed by atoms with van der Waals surface area (Å²) in [4.78, 5) is 40.6. The number of carbonyl (C=O) groups excluding carboxylic acids is 1. The van der Waals surface area contributed by atoms with E-state index in [0.29, 0.717) is 34.3 Å². The number of aromatic nitrogens is 2. The third-order valence-electron chi connectivity index (χ3n) is 4.66. The molecule has 0 bridgehead atoms. The van der Waals surface area contributed by atoms with Crippen LogP contribution in [0.4, 0.5) is 0 Å². The summed E-state index contributed by atoms with van der Waals surface area (Å²) in [6.45, 7) is -0.606. The lowest BCUT2D eigenvalue weighted by Crippen LogP contribution is -2.37. The minimum absolute atomic E-state index is 0.0531. The first kappa shape index (κ1) is 19.8. The average molecular weight is 427 g/mol. The number of hydrogen-bond acceptors (Lipinski definition) is 7. The number of nitrogens with zero attached hydrogens (tertiary/aromatic N) is 2. The van der Waals surface area contributed by atoms with E-state index in [1.54, 1.807) is 0 Å². The molecule has 4 rings (SSSR count). The van der Waals surface area contributed by atoms with Gasteiger partial charge in [-0.25, -0.2) is 4.98 Å². The predicted molar refractivity (Wildman–Crippen MR) is 108 cm³/mol. The molecule has 3 aromatic rings. The van der Waals surface area contributed by atoms with Crippen LogP contribution in [0.1, 0.15) is 27.3 Å². The molecule has 0 saturated heterocycles. The van der Waals surface area contributed by atoms with Crippen LogP contribution in [0.5, 0.6) is 5.75 Å². The van der Waals surface area contributed by atoms with Crippen LogP contribution in [0.3, 0.4) is 0 Å². The van der Waals surface area contributed by atoms with E-state index in [1.807, 2.05) is 30.3 Å². The number of rotatable bonds is 6. The summed E-state index contributed by atoms with van der Waals surface area (Å²) < 4.78 is 6.91. The zero-order chi connectivity index (χ0) is 21.3. The normalized spacial score (nSPS) is 12.5. The molecule has 9 nitrogen and oxygen atoms in total. The third kappa shape index (κ3) is 3.69. The van der Waals surface area contributed by atoms with E-state index < -0.39 is 35.3 Å². The summed E-state index contributed by atoms with van der Waals surface area (Å²) >= 11 is 1.50. The Labute approximate surface area is 174 Å². The number of benzene rings is 1. The van der Waals surface area contributed by atoms with Crippen LogP contribution in [-0.2, 0) is 22.8 Å². The van der Waals surface area contributed by atoms with Crippen molar-refractivity contribution in [2.75, 3.05) is 6.54 Å². The number of pyridine rings is 1. The van der Waals surface area contributed by atoms with Gasteiger partial charge in [-0.15, -0.1) is 0 Å². The van der Waals surface area contributed by atoms with Gasteiger partial charge < -0.3 is 24.5 Å². The highest BCUT2D eigenvalue weighted by atomic mass is 32.2. The molecular formula is C20H17N3O6S. The quantitative estimate of drug-likeness (QED) is 0.542. The van der Waals surface area contributed by atoms with Gasteiger partial charge in [0, 0.05) is 28.3 Å². The fraction of sp³-hybridized carbons (Fsp3) is 0.200. The summed E-state index contributed by atoms with van der Waals surface area (Å²) in [6, 6.07) is 9.29. The molecule has 0 radical (unpaired) electrons. The molecule has 1 aliphatic heterocycles. The lowest BCUT2D eigenvalue weighted by atomic mass is 10.1. The summed E-state index contributed by atoms with van der Waals surface area (Å²) in [6.07, 6.45) is 1.44. The Morgan fingerprint density at radius 3 is 2.73 bits per heavy atom. The lowest BCUT2D eigenvalue weighted by Gasteiger charge is -2.15. The largest absolute Gasteiger partial charge is 0.507 e. The molecule has 1 aromatic carbocycles. The number of carboxylic acids is 1. The van der Waals surface area contributed by atoms with Crippen molar-refractivity contribution in [3.05, 3.63) is 69.5 Å². The lowest BCUT2D eigenvalue weighted by molar-refractivity contribution is -0.135. The van der Waals surface area contributed by atoms with E-state index in [-0.39, 0.29) is 6.54 Å². The maximum absolute atomic E-state index is 13.0. The van der Waals surface area contributed by atoms with Crippen LogP contribution in [-0.4, -0.2) is 38.2 Å². The number of nitrogens with one attached hydrogen (secondary N) is 1. The highest BCUT2D eigenvalue weighted by Gasteiger charge is 2.29. The Balaban J connectivity index is 1.72. The molecule has 154 valence electrons. The number of carbonyl (C=O) groups is 2. The summed E-state index contributed by atoms with van der Waals surface area (Å²) in [7, 11) is 0.